The molecule has 0 fully saturated rings. The third-order valence-corrected chi connectivity index (χ3v) is 4.96. The van der Waals surface area contributed by atoms with E-state index in [2.05, 4.69) is 26.7 Å². The second kappa shape index (κ2) is 6.45. The van der Waals surface area contributed by atoms with E-state index in [0.29, 0.717) is 34.5 Å². The van der Waals surface area contributed by atoms with E-state index in [-0.39, 0.29) is 5.43 Å². The molecule has 7 nitrogen and oxygen atoms in total. The molecule has 1 aliphatic carbocycles. The first-order chi connectivity index (χ1) is 13.7. The summed E-state index contributed by atoms with van der Waals surface area (Å²) in [5.41, 5.74) is 4.01. The number of nitrogens with zero attached hydrogens (tertiary/aromatic N) is 3. The Morgan fingerprint density at radius 1 is 1.18 bits per heavy atom. The molecule has 0 unspecified atom stereocenters. The Balaban J connectivity index is 1.62. The Kier molecular flexibility index (Phi) is 3.79. The van der Waals surface area contributed by atoms with Crippen LogP contribution in [-0.4, -0.2) is 27.7 Å². The van der Waals surface area contributed by atoms with E-state index >= 15 is 0 Å². The number of H-pyrrole nitrogens is 1. The first-order valence-electron chi connectivity index (χ1n) is 8.91. The number of aromatic nitrogens is 4. The Morgan fingerprint density at radius 3 is 2.93 bits per heavy atom. The summed E-state index contributed by atoms with van der Waals surface area (Å²) in [4.78, 5) is 13.1. The van der Waals surface area contributed by atoms with Crippen LogP contribution in [0, 0.1) is 0 Å². The smallest absolute Gasteiger partial charge is 0.204 e. The third-order valence-electron chi connectivity index (χ3n) is 4.96. The zero-order valence-electron chi connectivity index (χ0n) is 15.1. The Morgan fingerprint density at radius 2 is 2.11 bits per heavy atom. The number of nitrogens with one attached hydrogen (secondary N) is 1. The number of tetrazole rings is 1. The molecule has 2 heterocycles. The molecule has 1 aliphatic rings. The van der Waals surface area contributed by atoms with Crippen molar-refractivity contribution >= 4 is 22.6 Å². The topological polar surface area (TPSA) is 93.9 Å². The third kappa shape index (κ3) is 2.68. The van der Waals surface area contributed by atoms with Gasteiger partial charge in [0.05, 0.1) is 12.5 Å². The van der Waals surface area contributed by atoms with E-state index in [0.717, 1.165) is 28.9 Å². The van der Waals surface area contributed by atoms with E-state index in [1.54, 1.807) is 19.2 Å². The molecule has 1 N–H and O–H groups in total. The summed E-state index contributed by atoms with van der Waals surface area (Å²) >= 11 is 0. The van der Waals surface area contributed by atoms with Crippen LogP contribution in [-0.2, 0) is 6.42 Å². The summed E-state index contributed by atoms with van der Waals surface area (Å²) in [6.07, 6.45) is 3.48. The molecule has 0 radical (unpaired) electrons. The van der Waals surface area contributed by atoms with Crippen LogP contribution in [0.1, 0.15) is 23.3 Å². The van der Waals surface area contributed by atoms with Crippen LogP contribution >= 0.6 is 0 Å². The van der Waals surface area contributed by atoms with Gasteiger partial charge in [0.2, 0.25) is 5.82 Å². The van der Waals surface area contributed by atoms with E-state index in [9.17, 15) is 4.79 Å². The maximum Gasteiger partial charge on any atom is 0.204 e. The number of ether oxygens (including phenoxy) is 1. The monoisotopic (exact) mass is 372 g/mol. The van der Waals surface area contributed by atoms with Crippen molar-refractivity contribution in [1.29, 1.82) is 0 Å². The van der Waals surface area contributed by atoms with Crippen molar-refractivity contribution in [3.63, 3.8) is 0 Å². The number of allylic oxidation sites excluding steroid dienone is 1. The normalized spacial score (nSPS) is 14.5. The standard InChI is InChI=1S/C21H16N4O3/c1-27-15-4-2-3-12(10-15)9-13-5-7-16-19(26)17-11-14(21-22-24-25-23-21)6-8-18(17)28-20(13)16/h2-4,6,8-11H,5,7H2,1H3,(H,22,23,24,25)/b13-9+. The van der Waals surface area contributed by atoms with Crippen molar-refractivity contribution in [2.24, 2.45) is 0 Å². The maximum absolute atomic E-state index is 13.1. The number of aromatic amines is 1. The van der Waals surface area contributed by atoms with Gasteiger partial charge in [-0.05, 0) is 65.6 Å². The predicted octanol–water partition coefficient (Wildman–Crippen LogP) is 3.47. The summed E-state index contributed by atoms with van der Waals surface area (Å²) in [5, 5.41) is 14.5. The van der Waals surface area contributed by atoms with Gasteiger partial charge in [-0.3, -0.25) is 4.79 Å². The summed E-state index contributed by atoms with van der Waals surface area (Å²) in [6.45, 7) is 0. The molecular weight excluding hydrogens is 356 g/mol. The SMILES string of the molecule is COc1cccc(/C=C2\CCc3c2oc2ccc(-c4nn[nH]n4)cc2c3=O)c1. The molecule has 0 atom stereocenters. The molecule has 7 heteroatoms. The van der Waals surface area contributed by atoms with E-state index in [1.807, 2.05) is 30.3 Å². The minimum atomic E-state index is -0.00404. The molecule has 0 spiro atoms. The number of fused-ring (bicyclic) bond motifs is 2. The first kappa shape index (κ1) is 16.4. The minimum absolute atomic E-state index is 0.00404. The number of rotatable bonds is 3. The lowest BCUT2D eigenvalue weighted by atomic mass is 10.1. The summed E-state index contributed by atoms with van der Waals surface area (Å²) in [7, 11) is 1.64. The van der Waals surface area contributed by atoms with Crippen molar-refractivity contribution in [1.82, 2.24) is 20.6 Å². The van der Waals surface area contributed by atoms with Crippen molar-refractivity contribution in [2.45, 2.75) is 12.8 Å². The lowest BCUT2D eigenvalue weighted by molar-refractivity contribution is 0.414. The van der Waals surface area contributed by atoms with Gasteiger partial charge in [-0.1, -0.05) is 12.1 Å². The molecule has 4 aromatic rings. The molecule has 0 saturated heterocycles. The molecule has 0 saturated carbocycles. The Hall–Kier alpha value is -3.74. The van der Waals surface area contributed by atoms with Crippen LogP contribution in [0.5, 0.6) is 5.75 Å². The van der Waals surface area contributed by atoms with Crippen LogP contribution in [0.3, 0.4) is 0 Å². The van der Waals surface area contributed by atoms with Gasteiger partial charge in [0.15, 0.2) is 5.43 Å². The average Bonchev–Trinajstić information content (AvgIpc) is 3.39. The highest BCUT2D eigenvalue weighted by Gasteiger charge is 2.24. The molecule has 138 valence electrons. The number of benzene rings is 2. The van der Waals surface area contributed by atoms with Gasteiger partial charge >= 0.3 is 0 Å². The van der Waals surface area contributed by atoms with Crippen LogP contribution in [0.2, 0.25) is 0 Å². The van der Waals surface area contributed by atoms with Gasteiger partial charge < -0.3 is 9.15 Å². The minimum Gasteiger partial charge on any atom is -0.497 e. The van der Waals surface area contributed by atoms with Gasteiger partial charge in [-0.2, -0.15) is 5.21 Å². The van der Waals surface area contributed by atoms with E-state index in [1.165, 1.54) is 0 Å². The number of methoxy groups -OCH3 is 1. The zero-order chi connectivity index (χ0) is 19.1. The van der Waals surface area contributed by atoms with Gasteiger partial charge in [0, 0.05) is 11.1 Å². The largest absolute Gasteiger partial charge is 0.497 e. The van der Waals surface area contributed by atoms with Crippen molar-refractivity contribution in [3.8, 4) is 17.1 Å². The van der Waals surface area contributed by atoms with Gasteiger partial charge in [0.1, 0.15) is 17.1 Å². The van der Waals surface area contributed by atoms with E-state index in [4.69, 9.17) is 9.15 Å². The van der Waals surface area contributed by atoms with Crippen LogP contribution in [0.15, 0.2) is 51.7 Å². The lowest BCUT2D eigenvalue weighted by Gasteiger charge is -2.05. The maximum atomic E-state index is 13.1. The van der Waals surface area contributed by atoms with Gasteiger partial charge in [-0.25, -0.2) is 0 Å². The van der Waals surface area contributed by atoms with Crippen molar-refractivity contribution in [2.75, 3.05) is 7.11 Å². The quantitative estimate of drug-likeness (QED) is 0.592. The van der Waals surface area contributed by atoms with Crippen molar-refractivity contribution in [3.05, 3.63) is 69.6 Å². The summed E-state index contributed by atoms with van der Waals surface area (Å²) in [6, 6.07) is 13.2. The Labute approximate surface area is 159 Å². The zero-order valence-corrected chi connectivity index (χ0v) is 15.1. The molecule has 28 heavy (non-hydrogen) atoms. The molecule has 0 amide bonds. The van der Waals surface area contributed by atoms with Crippen LogP contribution in [0.25, 0.3) is 34.0 Å². The molecular formula is C21H16N4O3. The first-order valence-corrected chi connectivity index (χ1v) is 8.91. The fourth-order valence-electron chi connectivity index (χ4n) is 3.59. The highest BCUT2D eigenvalue weighted by molar-refractivity contribution is 5.88. The number of hydrogen-bond donors (Lipinski definition) is 1. The van der Waals surface area contributed by atoms with Crippen LogP contribution < -0.4 is 10.2 Å². The molecule has 2 aromatic heterocycles. The average molecular weight is 372 g/mol. The second-order valence-electron chi connectivity index (χ2n) is 6.63. The van der Waals surface area contributed by atoms with Gasteiger partial charge in [-0.15, -0.1) is 10.2 Å². The molecule has 0 bridgehead atoms. The lowest BCUT2D eigenvalue weighted by Crippen LogP contribution is -2.08. The van der Waals surface area contributed by atoms with Crippen molar-refractivity contribution < 1.29 is 9.15 Å². The second-order valence-corrected chi connectivity index (χ2v) is 6.63. The van der Waals surface area contributed by atoms with E-state index < -0.39 is 0 Å². The summed E-state index contributed by atoms with van der Waals surface area (Å²) in [5.74, 6) is 1.91. The molecule has 2 aromatic carbocycles. The fourth-order valence-corrected chi connectivity index (χ4v) is 3.59. The fraction of sp³-hybridized carbons (Fsp3) is 0.143. The predicted molar refractivity (Wildman–Crippen MR) is 105 cm³/mol. The summed E-state index contributed by atoms with van der Waals surface area (Å²) < 4.78 is 11.4. The highest BCUT2D eigenvalue weighted by atomic mass is 16.5. The number of hydrogen-bond acceptors (Lipinski definition) is 6. The van der Waals surface area contributed by atoms with Gasteiger partial charge in [0.25, 0.3) is 0 Å². The highest BCUT2D eigenvalue weighted by Crippen LogP contribution is 2.35. The molecule has 0 aliphatic heterocycles. The van der Waals surface area contributed by atoms with Crippen LogP contribution in [0.4, 0.5) is 0 Å². The Bertz CT molecular complexity index is 1270. The molecule has 5 rings (SSSR count).